The predicted octanol–water partition coefficient (Wildman–Crippen LogP) is 0.0942. The van der Waals surface area contributed by atoms with E-state index in [1.54, 1.807) is 14.0 Å². The van der Waals surface area contributed by atoms with E-state index in [0.29, 0.717) is 5.92 Å². The molecule has 1 fully saturated rings. The number of rotatable bonds is 5. The van der Waals surface area contributed by atoms with Gasteiger partial charge in [0.2, 0.25) is 0 Å². The minimum atomic E-state index is -0.169. The summed E-state index contributed by atoms with van der Waals surface area (Å²) in [5.74, 6) is 5.46. The number of amides is 1. The summed E-state index contributed by atoms with van der Waals surface area (Å²) in [6, 6.07) is 0. The largest absolute Gasteiger partial charge is 0.383 e. The molecular formula is C12H20N2O2. The van der Waals surface area contributed by atoms with E-state index in [9.17, 15) is 4.79 Å². The quantitative estimate of drug-likeness (QED) is 0.673. The summed E-state index contributed by atoms with van der Waals surface area (Å²) in [4.78, 5) is 13.5. The van der Waals surface area contributed by atoms with Gasteiger partial charge in [0.15, 0.2) is 0 Å². The van der Waals surface area contributed by atoms with Crippen LogP contribution in [0.5, 0.6) is 0 Å². The maximum absolute atomic E-state index is 11.1. The second-order valence-corrected chi connectivity index (χ2v) is 4.03. The summed E-state index contributed by atoms with van der Waals surface area (Å²) >= 11 is 0. The summed E-state index contributed by atoms with van der Waals surface area (Å²) < 4.78 is 5.04. The summed E-state index contributed by atoms with van der Waals surface area (Å²) in [6.07, 6.45) is 1.14. The van der Waals surface area contributed by atoms with E-state index in [1.165, 1.54) is 0 Å². The fourth-order valence-electron chi connectivity index (χ4n) is 1.90. The van der Waals surface area contributed by atoms with Crippen molar-refractivity contribution in [2.45, 2.75) is 13.3 Å². The minimum absolute atomic E-state index is 0.169. The molecule has 1 saturated heterocycles. The lowest BCUT2D eigenvalue weighted by atomic mass is 10.1. The van der Waals surface area contributed by atoms with Crippen molar-refractivity contribution in [3.8, 4) is 11.8 Å². The Balaban J connectivity index is 2.15. The first-order chi connectivity index (χ1) is 7.76. The van der Waals surface area contributed by atoms with Gasteiger partial charge in [0, 0.05) is 26.7 Å². The number of hydrogen-bond donors (Lipinski definition) is 1. The zero-order valence-corrected chi connectivity index (χ0v) is 10.1. The van der Waals surface area contributed by atoms with Crippen molar-refractivity contribution in [1.29, 1.82) is 0 Å². The smallest absolute Gasteiger partial charge is 0.295 e. The van der Waals surface area contributed by atoms with Gasteiger partial charge in [0.05, 0.1) is 6.61 Å². The second-order valence-electron chi connectivity index (χ2n) is 4.03. The van der Waals surface area contributed by atoms with Crippen molar-refractivity contribution >= 4 is 5.91 Å². The van der Waals surface area contributed by atoms with Crippen molar-refractivity contribution < 1.29 is 9.53 Å². The molecule has 0 radical (unpaired) electrons. The molecule has 0 saturated carbocycles. The molecule has 0 bridgehead atoms. The Hall–Kier alpha value is -1.05. The van der Waals surface area contributed by atoms with Crippen LogP contribution in [-0.4, -0.2) is 50.7 Å². The number of hydrogen-bond acceptors (Lipinski definition) is 3. The van der Waals surface area contributed by atoms with E-state index < -0.39 is 0 Å². The molecule has 4 heteroatoms. The van der Waals surface area contributed by atoms with Gasteiger partial charge in [-0.15, -0.1) is 0 Å². The van der Waals surface area contributed by atoms with E-state index >= 15 is 0 Å². The molecular weight excluding hydrogens is 204 g/mol. The van der Waals surface area contributed by atoms with Gasteiger partial charge in [0.1, 0.15) is 0 Å². The van der Waals surface area contributed by atoms with Crippen LogP contribution in [0.2, 0.25) is 0 Å². The van der Waals surface area contributed by atoms with Crippen molar-refractivity contribution in [1.82, 2.24) is 10.2 Å². The Morgan fingerprint density at radius 1 is 1.62 bits per heavy atom. The lowest BCUT2D eigenvalue weighted by Crippen LogP contribution is -2.31. The molecule has 0 aromatic rings. The highest BCUT2D eigenvalue weighted by atomic mass is 16.5. The number of ether oxygens (including phenoxy) is 1. The van der Waals surface area contributed by atoms with Crippen LogP contribution >= 0.6 is 0 Å². The van der Waals surface area contributed by atoms with Crippen LogP contribution in [0.15, 0.2) is 0 Å². The first kappa shape index (κ1) is 13.0. The molecule has 1 atom stereocenters. The molecule has 1 rings (SSSR count). The van der Waals surface area contributed by atoms with Gasteiger partial charge in [-0.2, -0.15) is 0 Å². The molecule has 1 amide bonds. The maximum atomic E-state index is 11.1. The van der Waals surface area contributed by atoms with E-state index in [1.807, 2.05) is 0 Å². The van der Waals surface area contributed by atoms with Gasteiger partial charge in [-0.25, -0.2) is 0 Å². The molecule has 1 unspecified atom stereocenters. The van der Waals surface area contributed by atoms with Crippen LogP contribution in [0.25, 0.3) is 0 Å². The third-order valence-corrected chi connectivity index (χ3v) is 2.77. The highest BCUT2D eigenvalue weighted by Crippen LogP contribution is 2.14. The third-order valence-electron chi connectivity index (χ3n) is 2.77. The fourth-order valence-corrected chi connectivity index (χ4v) is 1.90. The molecule has 0 aromatic heterocycles. The van der Waals surface area contributed by atoms with Gasteiger partial charge >= 0.3 is 0 Å². The Bertz CT molecular complexity index is 280. The molecule has 1 N–H and O–H groups in total. The van der Waals surface area contributed by atoms with Gasteiger partial charge < -0.3 is 15.0 Å². The first-order valence-electron chi connectivity index (χ1n) is 5.68. The van der Waals surface area contributed by atoms with Crippen molar-refractivity contribution in [3.63, 3.8) is 0 Å². The Kier molecular flexibility index (Phi) is 5.91. The molecule has 0 spiro atoms. The zero-order valence-electron chi connectivity index (χ0n) is 10.1. The number of likely N-dealkylation sites (tertiary alicyclic amines) is 1. The van der Waals surface area contributed by atoms with Gasteiger partial charge in [-0.1, -0.05) is 5.92 Å². The highest BCUT2D eigenvalue weighted by Gasteiger charge is 2.21. The number of nitrogens with zero attached hydrogens (tertiary/aromatic N) is 1. The fraction of sp³-hybridized carbons (Fsp3) is 0.750. The van der Waals surface area contributed by atoms with Crippen LogP contribution in [0.3, 0.4) is 0 Å². The summed E-state index contributed by atoms with van der Waals surface area (Å²) in [6.45, 7) is 6.31. The van der Waals surface area contributed by atoms with Gasteiger partial charge in [-0.3, -0.25) is 4.79 Å². The molecule has 90 valence electrons. The Morgan fingerprint density at radius 2 is 2.44 bits per heavy atom. The maximum Gasteiger partial charge on any atom is 0.295 e. The van der Waals surface area contributed by atoms with Crippen LogP contribution in [0.4, 0.5) is 0 Å². The van der Waals surface area contributed by atoms with Crippen molar-refractivity contribution in [3.05, 3.63) is 0 Å². The molecule has 4 nitrogen and oxygen atoms in total. The lowest BCUT2D eigenvalue weighted by Gasteiger charge is -2.15. The Labute approximate surface area is 97.3 Å². The number of carbonyl (C=O) groups is 1. The monoisotopic (exact) mass is 224 g/mol. The standard InChI is InChI=1S/C12H20N2O2/c1-3-4-12(15)13-9-11-5-6-14(10-11)7-8-16-2/h11H,5-10H2,1-2H3,(H,13,15). The molecule has 1 heterocycles. The van der Waals surface area contributed by atoms with Crippen LogP contribution < -0.4 is 5.32 Å². The molecule has 0 aliphatic carbocycles. The minimum Gasteiger partial charge on any atom is -0.383 e. The molecule has 16 heavy (non-hydrogen) atoms. The number of methoxy groups -OCH3 is 1. The zero-order chi connectivity index (χ0) is 11.8. The van der Waals surface area contributed by atoms with Crippen LogP contribution in [-0.2, 0) is 9.53 Å². The van der Waals surface area contributed by atoms with Crippen LogP contribution in [0.1, 0.15) is 13.3 Å². The van der Waals surface area contributed by atoms with E-state index in [0.717, 1.165) is 39.2 Å². The first-order valence-corrected chi connectivity index (χ1v) is 5.68. The topological polar surface area (TPSA) is 41.6 Å². The normalized spacial score (nSPS) is 20.2. The average Bonchev–Trinajstić information content (AvgIpc) is 2.72. The summed E-state index contributed by atoms with van der Waals surface area (Å²) in [5, 5.41) is 2.83. The van der Waals surface area contributed by atoms with E-state index in [2.05, 4.69) is 22.1 Å². The highest BCUT2D eigenvalue weighted by molar-refractivity contribution is 5.93. The van der Waals surface area contributed by atoms with Crippen molar-refractivity contribution in [2.75, 3.05) is 39.9 Å². The summed E-state index contributed by atoms with van der Waals surface area (Å²) in [7, 11) is 1.72. The van der Waals surface area contributed by atoms with Crippen molar-refractivity contribution in [2.24, 2.45) is 5.92 Å². The van der Waals surface area contributed by atoms with E-state index in [4.69, 9.17) is 4.74 Å². The lowest BCUT2D eigenvalue weighted by molar-refractivity contribution is -0.115. The molecule has 1 aliphatic rings. The van der Waals surface area contributed by atoms with Gasteiger partial charge in [0.25, 0.3) is 5.91 Å². The number of carbonyl (C=O) groups excluding carboxylic acids is 1. The average molecular weight is 224 g/mol. The SMILES string of the molecule is CC#CC(=O)NCC1CCN(CCOC)C1. The molecule has 0 aromatic carbocycles. The second kappa shape index (κ2) is 7.26. The van der Waals surface area contributed by atoms with Crippen LogP contribution in [0, 0.1) is 17.8 Å². The predicted molar refractivity (Wildman–Crippen MR) is 62.9 cm³/mol. The Morgan fingerprint density at radius 3 is 3.12 bits per heavy atom. The summed E-state index contributed by atoms with van der Waals surface area (Å²) in [5.41, 5.74) is 0. The van der Waals surface area contributed by atoms with Gasteiger partial charge in [-0.05, 0) is 31.7 Å². The third kappa shape index (κ3) is 4.65. The number of nitrogens with one attached hydrogen (secondary N) is 1. The molecule has 1 aliphatic heterocycles. The van der Waals surface area contributed by atoms with E-state index in [-0.39, 0.29) is 5.91 Å².